The third-order valence-electron chi connectivity index (χ3n) is 2.85. The van der Waals surface area contributed by atoms with E-state index in [4.69, 9.17) is 11.6 Å². The summed E-state index contributed by atoms with van der Waals surface area (Å²) in [7, 11) is 0. The van der Waals surface area contributed by atoms with Gasteiger partial charge in [-0.05, 0) is 23.8 Å². The van der Waals surface area contributed by atoms with Crippen LogP contribution in [0.1, 0.15) is 11.3 Å². The van der Waals surface area contributed by atoms with Gasteiger partial charge < -0.3 is 10.6 Å². The molecule has 0 aliphatic carbocycles. The predicted molar refractivity (Wildman–Crippen MR) is 69.7 cm³/mol. The normalized spacial score (nSPS) is 13.3. The number of nitrogens with one attached hydrogen (secondary N) is 3. The fourth-order valence-electron chi connectivity index (χ4n) is 1.96. The summed E-state index contributed by atoms with van der Waals surface area (Å²) < 4.78 is 0. The predicted octanol–water partition coefficient (Wildman–Crippen LogP) is 2.17. The lowest BCUT2D eigenvalue weighted by Gasteiger charge is -2.09. The van der Waals surface area contributed by atoms with Gasteiger partial charge in [0, 0.05) is 11.9 Å². The monoisotopic (exact) mass is 262 g/mol. The van der Waals surface area contributed by atoms with Crippen molar-refractivity contribution in [1.29, 1.82) is 0 Å². The molecule has 1 aliphatic heterocycles. The highest BCUT2D eigenvalue weighted by atomic mass is 35.5. The number of halogens is 1. The zero-order valence-electron chi connectivity index (χ0n) is 9.46. The van der Waals surface area contributed by atoms with Crippen LogP contribution >= 0.6 is 11.6 Å². The van der Waals surface area contributed by atoms with E-state index in [-0.39, 0.29) is 5.91 Å². The number of carbonyl (C=O) groups is 1. The lowest BCUT2D eigenvalue weighted by Crippen LogP contribution is -2.03. The maximum atomic E-state index is 11.3. The summed E-state index contributed by atoms with van der Waals surface area (Å²) in [4.78, 5) is 11.3. The van der Waals surface area contributed by atoms with Gasteiger partial charge in [0.25, 0.3) is 0 Å². The van der Waals surface area contributed by atoms with E-state index in [0.29, 0.717) is 18.0 Å². The first-order valence-corrected chi connectivity index (χ1v) is 5.94. The molecule has 0 saturated carbocycles. The van der Waals surface area contributed by atoms with Crippen LogP contribution < -0.4 is 10.6 Å². The number of H-pyrrole nitrogens is 1. The standard InChI is InChI=1S/C12H11ClN4O/c13-9-5-10-7(4-12(18)16-10)3-11(9)14-6-8-1-2-15-17-8/h1-3,5,14H,4,6H2,(H,15,17)(H,16,18). The zero-order chi connectivity index (χ0) is 12.5. The van der Waals surface area contributed by atoms with Gasteiger partial charge in [-0.15, -0.1) is 0 Å². The molecule has 3 rings (SSSR count). The van der Waals surface area contributed by atoms with Crippen LogP contribution in [0.15, 0.2) is 24.4 Å². The molecule has 0 spiro atoms. The lowest BCUT2D eigenvalue weighted by molar-refractivity contribution is -0.115. The summed E-state index contributed by atoms with van der Waals surface area (Å²) in [6, 6.07) is 5.57. The molecule has 1 aromatic heterocycles. The van der Waals surface area contributed by atoms with Crippen LogP contribution in [0.5, 0.6) is 0 Å². The fraction of sp³-hybridized carbons (Fsp3) is 0.167. The van der Waals surface area contributed by atoms with Gasteiger partial charge in [-0.2, -0.15) is 5.10 Å². The SMILES string of the molecule is O=C1Cc2cc(NCc3ccn[nH]3)c(Cl)cc2N1. The first kappa shape index (κ1) is 11.1. The number of aromatic amines is 1. The number of rotatable bonds is 3. The molecular formula is C12H11ClN4O. The maximum absolute atomic E-state index is 11.3. The Kier molecular flexibility index (Phi) is 2.68. The van der Waals surface area contributed by atoms with Crippen LogP contribution in [0.2, 0.25) is 5.02 Å². The third kappa shape index (κ3) is 2.04. The second-order valence-electron chi connectivity index (χ2n) is 4.15. The highest BCUT2D eigenvalue weighted by molar-refractivity contribution is 6.33. The number of carbonyl (C=O) groups excluding carboxylic acids is 1. The molecule has 3 N–H and O–H groups in total. The minimum absolute atomic E-state index is 0.00628. The number of nitrogens with zero attached hydrogens (tertiary/aromatic N) is 1. The summed E-state index contributed by atoms with van der Waals surface area (Å²) in [5.41, 5.74) is 3.57. The van der Waals surface area contributed by atoms with E-state index in [2.05, 4.69) is 20.8 Å². The zero-order valence-corrected chi connectivity index (χ0v) is 10.2. The number of hydrogen-bond donors (Lipinski definition) is 3. The molecular weight excluding hydrogens is 252 g/mol. The number of aromatic nitrogens is 2. The van der Waals surface area contributed by atoms with Gasteiger partial charge in [0.1, 0.15) is 0 Å². The molecule has 2 heterocycles. The van der Waals surface area contributed by atoms with Gasteiger partial charge in [-0.3, -0.25) is 9.89 Å². The second-order valence-corrected chi connectivity index (χ2v) is 4.56. The summed E-state index contributed by atoms with van der Waals surface area (Å²) in [6.07, 6.45) is 2.11. The number of benzene rings is 1. The van der Waals surface area contributed by atoms with E-state index in [9.17, 15) is 4.79 Å². The van der Waals surface area contributed by atoms with Crippen LogP contribution in [0.25, 0.3) is 0 Å². The molecule has 0 saturated heterocycles. The average Bonchev–Trinajstić information content (AvgIpc) is 2.94. The van der Waals surface area contributed by atoms with Crippen LogP contribution in [-0.4, -0.2) is 16.1 Å². The highest BCUT2D eigenvalue weighted by Gasteiger charge is 2.19. The van der Waals surface area contributed by atoms with Crippen molar-refractivity contribution in [2.45, 2.75) is 13.0 Å². The Morgan fingerprint density at radius 2 is 2.33 bits per heavy atom. The number of hydrogen-bond acceptors (Lipinski definition) is 3. The van der Waals surface area contributed by atoms with E-state index in [0.717, 1.165) is 22.6 Å². The fourth-order valence-corrected chi connectivity index (χ4v) is 2.19. The molecule has 18 heavy (non-hydrogen) atoms. The smallest absolute Gasteiger partial charge is 0.228 e. The van der Waals surface area contributed by atoms with Crippen LogP contribution in [0.3, 0.4) is 0 Å². The van der Waals surface area contributed by atoms with Gasteiger partial charge in [0.05, 0.1) is 29.4 Å². The lowest BCUT2D eigenvalue weighted by atomic mass is 10.1. The topological polar surface area (TPSA) is 69.8 Å². The van der Waals surface area contributed by atoms with E-state index < -0.39 is 0 Å². The van der Waals surface area contributed by atoms with E-state index >= 15 is 0 Å². The molecule has 1 amide bonds. The summed E-state index contributed by atoms with van der Waals surface area (Å²) in [6.45, 7) is 0.611. The number of anilines is 2. The average molecular weight is 263 g/mol. The molecule has 0 fully saturated rings. The first-order valence-electron chi connectivity index (χ1n) is 5.57. The Bertz CT molecular complexity index is 594. The van der Waals surface area contributed by atoms with E-state index in [1.807, 2.05) is 12.1 Å². The first-order chi connectivity index (χ1) is 8.72. The Labute approximate surface area is 109 Å². The van der Waals surface area contributed by atoms with Gasteiger partial charge in [0.15, 0.2) is 0 Å². The Balaban J connectivity index is 1.80. The number of fused-ring (bicyclic) bond motifs is 1. The maximum Gasteiger partial charge on any atom is 0.228 e. The van der Waals surface area contributed by atoms with Gasteiger partial charge in [-0.25, -0.2) is 0 Å². The molecule has 2 aromatic rings. The van der Waals surface area contributed by atoms with Crippen molar-refractivity contribution in [3.63, 3.8) is 0 Å². The van der Waals surface area contributed by atoms with Crippen molar-refractivity contribution < 1.29 is 4.79 Å². The molecule has 1 aromatic carbocycles. The summed E-state index contributed by atoms with van der Waals surface area (Å²) in [5, 5.41) is 13.3. The summed E-state index contributed by atoms with van der Waals surface area (Å²) in [5.74, 6) is 0.00628. The van der Waals surface area contributed by atoms with Crippen LogP contribution in [0, 0.1) is 0 Å². The van der Waals surface area contributed by atoms with Crippen LogP contribution in [-0.2, 0) is 17.8 Å². The van der Waals surface area contributed by atoms with Gasteiger partial charge in [0.2, 0.25) is 5.91 Å². The molecule has 1 aliphatic rings. The van der Waals surface area contributed by atoms with Crippen molar-refractivity contribution in [2.24, 2.45) is 0 Å². The molecule has 5 nitrogen and oxygen atoms in total. The molecule has 92 valence electrons. The minimum Gasteiger partial charge on any atom is -0.378 e. The molecule has 0 bridgehead atoms. The van der Waals surface area contributed by atoms with Gasteiger partial charge >= 0.3 is 0 Å². The van der Waals surface area contributed by atoms with Gasteiger partial charge in [-0.1, -0.05) is 11.6 Å². The number of amides is 1. The molecule has 0 radical (unpaired) electrons. The quantitative estimate of drug-likeness (QED) is 0.794. The largest absolute Gasteiger partial charge is 0.378 e. The van der Waals surface area contributed by atoms with Crippen molar-refractivity contribution >= 4 is 28.9 Å². The van der Waals surface area contributed by atoms with E-state index in [1.165, 1.54) is 0 Å². The molecule has 0 atom stereocenters. The van der Waals surface area contributed by atoms with Crippen LogP contribution in [0.4, 0.5) is 11.4 Å². The van der Waals surface area contributed by atoms with Crippen molar-refractivity contribution in [3.8, 4) is 0 Å². The highest BCUT2D eigenvalue weighted by Crippen LogP contribution is 2.32. The Hall–Kier alpha value is -2.01. The second kappa shape index (κ2) is 4.34. The summed E-state index contributed by atoms with van der Waals surface area (Å²) >= 11 is 6.16. The Morgan fingerprint density at radius 3 is 3.11 bits per heavy atom. The molecule has 6 heteroatoms. The van der Waals surface area contributed by atoms with Crippen molar-refractivity contribution in [1.82, 2.24) is 10.2 Å². The van der Waals surface area contributed by atoms with Crippen molar-refractivity contribution in [2.75, 3.05) is 10.6 Å². The third-order valence-corrected chi connectivity index (χ3v) is 3.16. The molecule has 0 unspecified atom stereocenters. The Morgan fingerprint density at radius 1 is 1.44 bits per heavy atom. The van der Waals surface area contributed by atoms with Crippen molar-refractivity contribution in [3.05, 3.63) is 40.7 Å². The minimum atomic E-state index is 0.00628. The van der Waals surface area contributed by atoms with E-state index in [1.54, 1.807) is 12.3 Å².